The predicted molar refractivity (Wildman–Crippen MR) is 63.0 cm³/mol. The van der Waals surface area contributed by atoms with Crippen LogP contribution in [-0.2, 0) is 0 Å². The second kappa shape index (κ2) is 5.07. The Bertz CT molecular complexity index is 294. The first-order valence-corrected chi connectivity index (χ1v) is 5.32. The molecule has 0 fully saturated rings. The van der Waals surface area contributed by atoms with E-state index in [0.717, 1.165) is 11.5 Å². The van der Waals surface area contributed by atoms with Crippen molar-refractivity contribution in [2.24, 2.45) is 5.73 Å². The summed E-state index contributed by atoms with van der Waals surface area (Å²) in [6, 6.07) is 4.30. The fourth-order valence-corrected chi connectivity index (χ4v) is 1.22. The van der Waals surface area contributed by atoms with Crippen LogP contribution < -0.4 is 10.6 Å². The average Bonchev–Trinajstić information content (AvgIpc) is 2.27. The Morgan fingerprint density at radius 3 is 2.33 bits per heavy atom. The van der Waals surface area contributed by atoms with E-state index < -0.39 is 0 Å². The van der Waals surface area contributed by atoms with Crippen LogP contribution in [0.15, 0.2) is 12.1 Å². The van der Waals surface area contributed by atoms with Crippen LogP contribution in [0.3, 0.4) is 0 Å². The summed E-state index contributed by atoms with van der Waals surface area (Å²) in [4.78, 5) is 2.04. The van der Waals surface area contributed by atoms with E-state index >= 15 is 0 Å². The standard InChI is InChI=1S/C11H20N4/c1-8(2)10-5-6-11(14-13-10)15(4)9(3)7-12/h5-6,8-9H,7,12H2,1-4H3. The Balaban J connectivity index is 2.79. The minimum absolute atomic E-state index is 0.282. The monoisotopic (exact) mass is 208 g/mol. The highest BCUT2D eigenvalue weighted by molar-refractivity contribution is 5.37. The van der Waals surface area contributed by atoms with E-state index in [2.05, 4.69) is 31.0 Å². The molecule has 1 aromatic heterocycles. The topological polar surface area (TPSA) is 55.0 Å². The van der Waals surface area contributed by atoms with Crippen LogP contribution in [0.1, 0.15) is 32.4 Å². The van der Waals surface area contributed by atoms with Gasteiger partial charge in [-0.05, 0) is 25.0 Å². The van der Waals surface area contributed by atoms with Crippen LogP contribution >= 0.6 is 0 Å². The smallest absolute Gasteiger partial charge is 0.151 e. The van der Waals surface area contributed by atoms with Crippen molar-refractivity contribution >= 4 is 5.82 Å². The lowest BCUT2D eigenvalue weighted by Gasteiger charge is -2.24. The molecule has 1 heterocycles. The Labute approximate surface area is 91.5 Å². The molecule has 4 heteroatoms. The Kier molecular flexibility index (Phi) is 4.03. The number of nitrogens with two attached hydrogens (primary N) is 1. The van der Waals surface area contributed by atoms with Gasteiger partial charge in [-0.1, -0.05) is 13.8 Å². The molecule has 0 aromatic carbocycles. The molecule has 0 aliphatic heterocycles. The predicted octanol–water partition coefficient (Wildman–Crippen LogP) is 1.38. The summed E-state index contributed by atoms with van der Waals surface area (Å²) in [5, 5.41) is 8.37. The molecule has 1 atom stereocenters. The normalized spacial score (nSPS) is 12.9. The molecule has 84 valence electrons. The van der Waals surface area contributed by atoms with Gasteiger partial charge in [0.1, 0.15) is 0 Å². The van der Waals surface area contributed by atoms with E-state index in [4.69, 9.17) is 5.73 Å². The van der Waals surface area contributed by atoms with Crippen molar-refractivity contribution in [1.82, 2.24) is 10.2 Å². The van der Waals surface area contributed by atoms with Crippen LogP contribution in [0.4, 0.5) is 5.82 Å². The highest BCUT2D eigenvalue weighted by atomic mass is 15.3. The third-order valence-corrected chi connectivity index (χ3v) is 2.63. The van der Waals surface area contributed by atoms with Crippen LogP contribution in [0.25, 0.3) is 0 Å². The summed E-state index contributed by atoms with van der Waals surface area (Å²) >= 11 is 0. The fraction of sp³-hybridized carbons (Fsp3) is 0.636. The summed E-state index contributed by atoms with van der Waals surface area (Å²) in [5.74, 6) is 1.29. The molecule has 0 spiro atoms. The number of anilines is 1. The van der Waals surface area contributed by atoms with Gasteiger partial charge in [-0.15, -0.1) is 5.10 Å². The van der Waals surface area contributed by atoms with Gasteiger partial charge >= 0.3 is 0 Å². The summed E-state index contributed by atoms with van der Waals surface area (Å²) in [6.07, 6.45) is 0. The first-order valence-electron chi connectivity index (χ1n) is 5.32. The van der Waals surface area contributed by atoms with Crippen LogP contribution in [0.2, 0.25) is 0 Å². The highest BCUT2D eigenvalue weighted by Gasteiger charge is 2.10. The van der Waals surface area contributed by atoms with Crippen molar-refractivity contribution in [1.29, 1.82) is 0 Å². The van der Waals surface area contributed by atoms with Crippen LogP contribution in [0, 0.1) is 0 Å². The molecule has 1 unspecified atom stereocenters. The zero-order valence-electron chi connectivity index (χ0n) is 9.94. The van der Waals surface area contributed by atoms with Gasteiger partial charge in [0.2, 0.25) is 0 Å². The number of likely N-dealkylation sites (N-methyl/N-ethyl adjacent to an activating group) is 1. The number of rotatable bonds is 4. The number of nitrogens with zero attached hydrogens (tertiary/aromatic N) is 3. The molecule has 0 saturated heterocycles. The lowest BCUT2D eigenvalue weighted by molar-refractivity contribution is 0.676. The number of aromatic nitrogens is 2. The van der Waals surface area contributed by atoms with Crippen molar-refractivity contribution in [3.05, 3.63) is 17.8 Å². The molecular weight excluding hydrogens is 188 g/mol. The van der Waals surface area contributed by atoms with Crippen molar-refractivity contribution in [2.75, 3.05) is 18.5 Å². The fourth-order valence-electron chi connectivity index (χ4n) is 1.22. The number of hydrogen-bond acceptors (Lipinski definition) is 4. The summed E-state index contributed by atoms with van der Waals surface area (Å²) < 4.78 is 0. The Morgan fingerprint density at radius 2 is 1.93 bits per heavy atom. The van der Waals surface area contributed by atoms with Gasteiger partial charge in [0.15, 0.2) is 5.82 Å². The second-order valence-electron chi connectivity index (χ2n) is 4.17. The molecule has 0 aliphatic rings. The lowest BCUT2D eigenvalue weighted by atomic mass is 10.1. The first kappa shape index (κ1) is 11.9. The largest absolute Gasteiger partial charge is 0.354 e. The molecule has 0 amide bonds. The Hall–Kier alpha value is -1.16. The average molecular weight is 208 g/mol. The molecule has 15 heavy (non-hydrogen) atoms. The molecule has 1 aromatic rings. The molecular formula is C11H20N4. The minimum atomic E-state index is 0.282. The maximum Gasteiger partial charge on any atom is 0.151 e. The van der Waals surface area contributed by atoms with Gasteiger partial charge in [0.25, 0.3) is 0 Å². The maximum absolute atomic E-state index is 5.60. The molecule has 0 aliphatic carbocycles. The van der Waals surface area contributed by atoms with E-state index in [0.29, 0.717) is 12.5 Å². The molecule has 0 bridgehead atoms. The summed E-state index contributed by atoms with van der Waals surface area (Å²) in [5.41, 5.74) is 6.62. The molecule has 0 saturated carbocycles. The molecule has 4 nitrogen and oxygen atoms in total. The van der Waals surface area contributed by atoms with Gasteiger partial charge in [-0.2, -0.15) is 5.10 Å². The Morgan fingerprint density at radius 1 is 1.27 bits per heavy atom. The van der Waals surface area contributed by atoms with E-state index in [9.17, 15) is 0 Å². The van der Waals surface area contributed by atoms with Gasteiger partial charge in [0.05, 0.1) is 5.69 Å². The second-order valence-corrected chi connectivity index (χ2v) is 4.17. The molecule has 2 N–H and O–H groups in total. The number of hydrogen-bond donors (Lipinski definition) is 1. The van der Waals surface area contributed by atoms with Crippen molar-refractivity contribution in [2.45, 2.75) is 32.7 Å². The third kappa shape index (κ3) is 2.89. The van der Waals surface area contributed by atoms with Gasteiger partial charge < -0.3 is 10.6 Å². The quantitative estimate of drug-likeness (QED) is 0.812. The minimum Gasteiger partial charge on any atom is -0.354 e. The summed E-state index contributed by atoms with van der Waals surface area (Å²) in [6.45, 7) is 6.90. The van der Waals surface area contributed by atoms with E-state index in [1.807, 2.05) is 24.1 Å². The van der Waals surface area contributed by atoms with Crippen molar-refractivity contribution in [3.8, 4) is 0 Å². The van der Waals surface area contributed by atoms with Crippen LogP contribution in [-0.4, -0.2) is 29.8 Å². The van der Waals surface area contributed by atoms with Crippen LogP contribution in [0.5, 0.6) is 0 Å². The van der Waals surface area contributed by atoms with Crippen molar-refractivity contribution in [3.63, 3.8) is 0 Å². The van der Waals surface area contributed by atoms with E-state index in [-0.39, 0.29) is 6.04 Å². The van der Waals surface area contributed by atoms with Gasteiger partial charge in [0, 0.05) is 19.6 Å². The first-order chi connectivity index (χ1) is 7.06. The van der Waals surface area contributed by atoms with E-state index in [1.54, 1.807) is 0 Å². The zero-order valence-corrected chi connectivity index (χ0v) is 9.94. The SMILES string of the molecule is CC(C)c1ccc(N(C)C(C)CN)nn1. The third-order valence-electron chi connectivity index (χ3n) is 2.63. The van der Waals surface area contributed by atoms with Gasteiger partial charge in [-0.25, -0.2) is 0 Å². The van der Waals surface area contributed by atoms with E-state index in [1.165, 1.54) is 0 Å². The lowest BCUT2D eigenvalue weighted by Crippen LogP contribution is -2.35. The molecule has 1 rings (SSSR count). The van der Waals surface area contributed by atoms with Gasteiger partial charge in [-0.3, -0.25) is 0 Å². The summed E-state index contributed by atoms with van der Waals surface area (Å²) in [7, 11) is 1.98. The zero-order chi connectivity index (χ0) is 11.4. The highest BCUT2D eigenvalue weighted by Crippen LogP contribution is 2.14. The van der Waals surface area contributed by atoms with Crippen molar-refractivity contribution < 1.29 is 0 Å². The maximum atomic E-state index is 5.60. The molecule has 0 radical (unpaired) electrons.